The number of carboxylic acid groups (broad SMARTS) is 1. The predicted molar refractivity (Wildman–Crippen MR) is 42.0 cm³/mol. The second kappa shape index (κ2) is 5.26. The first kappa shape index (κ1) is 11.6. The Bertz CT molecular complexity index is 225. The number of aliphatic carboxylic acids is 1. The summed E-state index contributed by atoms with van der Waals surface area (Å²) in [6.07, 6.45) is -0.371. The first-order chi connectivity index (χ1) is 5.97. The molecule has 0 saturated heterocycles. The van der Waals surface area contributed by atoms with Gasteiger partial charge in [-0.1, -0.05) is 0 Å². The lowest BCUT2D eigenvalue weighted by atomic mass is 10.2. The average molecular weight is 189 g/mol. The number of carboxylic acids is 1. The minimum absolute atomic E-state index is 0.362. The Morgan fingerprint density at radius 3 is 2.23 bits per heavy atom. The van der Waals surface area contributed by atoms with Crippen LogP contribution in [0.25, 0.3) is 0 Å². The molecule has 0 saturated carbocycles. The molecule has 0 bridgehead atoms. The molecule has 6 nitrogen and oxygen atoms in total. The number of hydrogen-bond donors (Lipinski definition) is 3. The van der Waals surface area contributed by atoms with E-state index in [-0.39, 0.29) is 12.2 Å². The number of amides is 1. The maximum Gasteiger partial charge on any atom is 0.328 e. The number of ketones is 1. The van der Waals surface area contributed by atoms with Crippen LogP contribution in [0.4, 0.5) is 0 Å². The highest BCUT2D eigenvalue weighted by Crippen LogP contribution is 1.87. The highest BCUT2D eigenvalue weighted by Gasteiger charge is 2.18. The molecule has 0 rings (SSSR count). The zero-order chi connectivity index (χ0) is 10.4. The molecule has 0 radical (unpaired) electrons. The highest BCUT2D eigenvalue weighted by atomic mass is 16.4. The Labute approximate surface area is 74.6 Å². The van der Waals surface area contributed by atoms with Gasteiger partial charge < -0.3 is 15.5 Å². The van der Waals surface area contributed by atoms with Gasteiger partial charge in [0.25, 0.3) is 0 Å². The van der Waals surface area contributed by atoms with Gasteiger partial charge in [-0.05, 0) is 6.92 Å². The number of hydrogen-bond acceptors (Lipinski definition) is 4. The third-order valence-electron chi connectivity index (χ3n) is 1.23. The minimum atomic E-state index is -1.34. The van der Waals surface area contributed by atoms with E-state index in [9.17, 15) is 14.4 Å². The van der Waals surface area contributed by atoms with Gasteiger partial charge in [0.15, 0.2) is 0 Å². The molecule has 0 aromatic rings. The Hall–Kier alpha value is -1.43. The van der Waals surface area contributed by atoms with Gasteiger partial charge in [0, 0.05) is 0 Å². The number of aliphatic hydroxyl groups excluding tert-OH is 1. The molecule has 0 heterocycles. The SMILES string of the molecule is CC(=O)CC(=O)N[C@@H](CO)C(=O)O. The number of carbonyl (C=O) groups is 3. The molecule has 1 amide bonds. The van der Waals surface area contributed by atoms with Crippen molar-refractivity contribution in [3.05, 3.63) is 0 Å². The number of carbonyl (C=O) groups excluding carboxylic acids is 2. The third kappa shape index (κ3) is 4.91. The van der Waals surface area contributed by atoms with E-state index in [2.05, 4.69) is 0 Å². The largest absolute Gasteiger partial charge is 0.480 e. The van der Waals surface area contributed by atoms with Crippen molar-refractivity contribution in [3.63, 3.8) is 0 Å². The lowest BCUT2D eigenvalue weighted by Crippen LogP contribution is -2.43. The molecule has 0 aromatic carbocycles. The molecule has 0 spiro atoms. The van der Waals surface area contributed by atoms with Gasteiger partial charge in [0.1, 0.15) is 11.8 Å². The summed E-state index contributed by atoms with van der Waals surface area (Å²) in [5.74, 6) is -2.40. The number of Topliss-reactive ketones (excluding diaryl/α,β-unsaturated/α-hetero) is 1. The first-order valence-corrected chi connectivity index (χ1v) is 3.59. The van der Waals surface area contributed by atoms with Gasteiger partial charge in [0.05, 0.1) is 13.0 Å². The normalized spacial score (nSPS) is 11.8. The van der Waals surface area contributed by atoms with Gasteiger partial charge >= 0.3 is 5.97 Å². The molecule has 74 valence electrons. The van der Waals surface area contributed by atoms with Crippen LogP contribution in [-0.4, -0.2) is 40.5 Å². The molecule has 0 aliphatic carbocycles. The fraction of sp³-hybridized carbons (Fsp3) is 0.571. The summed E-state index contributed by atoms with van der Waals surface area (Å²) in [5, 5.41) is 18.9. The van der Waals surface area contributed by atoms with Crippen molar-refractivity contribution in [2.75, 3.05) is 6.61 Å². The maximum atomic E-state index is 10.8. The van der Waals surface area contributed by atoms with E-state index in [1.807, 2.05) is 5.32 Å². The second-order valence-corrected chi connectivity index (χ2v) is 2.52. The molecular weight excluding hydrogens is 178 g/mol. The zero-order valence-corrected chi connectivity index (χ0v) is 7.11. The summed E-state index contributed by atoms with van der Waals surface area (Å²) in [6.45, 7) is 0.521. The Morgan fingerprint density at radius 1 is 1.38 bits per heavy atom. The van der Waals surface area contributed by atoms with Gasteiger partial charge in [0.2, 0.25) is 5.91 Å². The van der Waals surface area contributed by atoms with Crippen LogP contribution < -0.4 is 5.32 Å². The van der Waals surface area contributed by atoms with E-state index < -0.39 is 24.5 Å². The fourth-order valence-corrected chi connectivity index (χ4v) is 0.657. The van der Waals surface area contributed by atoms with Gasteiger partial charge in [-0.25, -0.2) is 4.79 Å². The summed E-state index contributed by atoms with van der Waals surface area (Å²) in [6, 6.07) is -1.34. The Kier molecular flexibility index (Phi) is 4.68. The van der Waals surface area contributed by atoms with Crippen LogP contribution in [0, 0.1) is 0 Å². The van der Waals surface area contributed by atoms with E-state index in [1.165, 1.54) is 6.92 Å². The van der Waals surface area contributed by atoms with Gasteiger partial charge in [-0.15, -0.1) is 0 Å². The molecule has 3 N–H and O–H groups in total. The van der Waals surface area contributed by atoms with Crippen molar-refractivity contribution in [1.82, 2.24) is 5.32 Å². The number of nitrogens with one attached hydrogen (secondary N) is 1. The topological polar surface area (TPSA) is 104 Å². The molecule has 13 heavy (non-hydrogen) atoms. The van der Waals surface area contributed by atoms with E-state index in [1.54, 1.807) is 0 Å². The van der Waals surface area contributed by atoms with Crippen LogP contribution in [0.1, 0.15) is 13.3 Å². The van der Waals surface area contributed by atoms with Gasteiger partial charge in [-0.3, -0.25) is 9.59 Å². The predicted octanol–water partition coefficient (Wildman–Crippen LogP) is -1.47. The van der Waals surface area contributed by atoms with Gasteiger partial charge in [-0.2, -0.15) is 0 Å². The van der Waals surface area contributed by atoms with E-state index in [0.717, 1.165) is 0 Å². The van der Waals surface area contributed by atoms with Crippen LogP contribution >= 0.6 is 0 Å². The van der Waals surface area contributed by atoms with Crippen molar-refractivity contribution in [2.45, 2.75) is 19.4 Å². The van der Waals surface area contributed by atoms with E-state index in [4.69, 9.17) is 10.2 Å². The lowest BCUT2D eigenvalue weighted by molar-refractivity contribution is -0.143. The molecule has 1 atom stereocenters. The van der Waals surface area contributed by atoms with Crippen LogP contribution in [0.15, 0.2) is 0 Å². The first-order valence-electron chi connectivity index (χ1n) is 3.59. The molecule has 0 unspecified atom stereocenters. The number of rotatable bonds is 5. The summed E-state index contributed by atoms with van der Waals surface area (Å²) in [7, 11) is 0. The van der Waals surface area contributed by atoms with Crippen molar-refractivity contribution < 1.29 is 24.6 Å². The molecule has 0 fully saturated rings. The Morgan fingerprint density at radius 2 is 1.92 bits per heavy atom. The second-order valence-electron chi connectivity index (χ2n) is 2.52. The van der Waals surface area contributed by atoms with E-state index in [0.29, 0.717) is 0 Å². The summed E-state index contributed by atoms with van der Waals surface area (Å²) < 4.78 is 0. The van der Waals surface area contributed by atoms with Crippen LogP contribution in [0.2, 0.25) is 0 Å². The monoisotopic (exact) mass is 189 g/mol. The summed E-state index contributed by atoms with van der Waals surface area (Å²) >= 11 is 0. The van der Waals surface area contributed by atoms with Crippen molar-refractivity contribution in [1.29, 1.82) is 0 Å². The van der Waals surface area contributed by atoms with Crippen molar-refractivity contribution >= 4 is 17.7 Å². The van der Waals surface area contributed by atoms with E-state index >= 15 is 0 Å². The summed E-state index contributed by atoms with van der Waals surface area (Å²) in [5.41, 5.74) is 0. The van der Waals surface area contributed by atoms with Crippen LogP contribution in [-0.2, 0) is 14.4 Å². The third-order valence-corrected chi connectivity index (χ3v) is 1.23. The lowest BCUT2D eigenvalue weighted by Gasteiger charge is -2.10. The van der Waals surface area contributed by atoms with Crippen LogP contribution in [0.3, 0.4) is 0 Å². The Balaban J connectivity index is 4.01. The molecule has 0 aromatic heterocycles. The summed E-state index contributed by atoms with van der Waals surface area (Å²) in [4.78, 5) is 31.5. The molecule has 0 aliphatic rings. The smallest absolute Gasteiger partial charge is 0.328 e. The zero-order valence-electron chi connectivity index (χ0n) is 7.11. The fourth-order valence-electron chi connectivity index (χ4n) is 0.657. The van der Waals surface area contributed by atoms with Crippen molar-refractivity contribution in [2.24, 2.45) is 0 Å². The molecular formula is C7H11NO5. The molecule has 6 heteroatoms. The number of aliphatic hydroxyl groups is 1. The molecule has 0 aliphatic heterocycles. The standard InChI is InChI=1S/C7H11NO5/c1-4(10)2-6(11)8-5(3-9)7(12)13/h5,9H,2-3H2,1H3,(H,8,11)(H,12,13)/t5-/m0/s1. The minimum Gasteiger partial charge on any atom is -0.480 e. The average Bonchev–Trinajstić information content (AvgIpc) is 1.98. The van der Waals surface area contributed by atoms with Crippen molar-refractivity contribution in [3.8, 4) is 0 Å². The maximum absolute atomic E-state index is 10.8. The van der Waals surface area contributed by atoms with Crippen LogP contribution in [0.5, 0.6) is 0 Å². The highest BCUT2D eigenvalue weighted by molar-refractivity contribution is 5.98. The quantitative estimate of drug-likeness (QED) is 0.458.